The van der Waals surface area contributed by atoms with Gasteiger partial charge in [-0.3, -0.25) is 4.79 Å². The van der Waals surface area contributed by atoms with Crippen molar-refractivity contribution >= 4 is 5.91 Å². The minimum Gasteiger partial charge on any atom is -0.389 e. The monoisotopic (exact) mass is 228 g/mol. The molecule has 1 rings (SSSR count). The van der Waals surface area contributed by atoms with E-state index < -0.39 is 23.9 Å². The maximum atomic E-state index is 13.0. The fourth-order valence-corrected chi connectivity index (χ4v) is 1.34. The van der Waals surface area contributed by atoms with Gasteiger partial charge in [0, 0.05) is 12.1 Å². The number of rotatable bonds is 4. The molecule has 1 amide bonds. The lowest BCUT2D eigenvalue weighted by atomic mass is 9.98. The number of carbonyl (C=O) groups is 1. The standard InChI is InChI=1S/C10H13FN2O3/c11-5-1-2-6(10(13)16)7(3-5)9(15)8(14)4-12/h1-3,8-9,14-15H,4,12H2,(H2,13,16). The summed E-state index contributed by atoms with van der Waals surface area (Å²) in [5.74, 6) is -1.44. The number of benzene rings is 1. The Hall–Kier alpha value is -1.50. The Morgan fingerprint density at radius 2 is 2.06 bits per heavy atom. The number of aliphatic hydroxyl groups is 2. The molecule has 0 heterocycles. The van der Waals surface area contributed by atoms with Crippen molar-refractivity contribution in [3.63, 3.8) is 0 Å². The molecule has 0 aliphatic carbocycles. The highest BCUT2D eigenvalue weighted by molar-refractivity contribution is 5.94. The summed E-state index contributed by atoms with van der Waals surface area (Å²) in [5.41, 5.74) is 10.1. The van der Waals surface area contributed by atoms with Crippen molar-refractivity contribution in [2.75, 3.05) is 6.54 Å². The molecule has 16 heavy (non-hydrogen) atoms. The second-order valence-corrected chi connectivity index (χ2v) is 3.34. The van der Waals surface area contributed by atoms with Crippen LogP contribution in [0.4, 0.5) is 4.39 Å². The molecule has 1 aromatic carbocycles. The molecule has 0 aliphatic heterocycles. The lowest BCUT2D eigenvalue weighted by molar-refractivity contribution is 0.0236. The van der Waals surface area contributed by atoms with Crippen LogP contribution in [0.15, 0.2) is 18.2 Å². The summed E-state index contributed by atoms with van der Waals surface area (Å²) in [6.07, 6.45) is -2.72. The highest BCUT2D eigenvalue weighted by Gasteiger charge is 2.22. The van der Waals surface area contributed by atoms with Gasteiger partial charge in [-0.05, 0) is 23.8 Å². The molecule has 0 aliphatic rings. The summed E-state index contributed by atoms with van der Waals surface area (Å²) in [5, 5.41) is 19.0. The SMILES string of the molecule is NCC(O)C(O)c1cc(F)ccc1C(N)=O. The van der Waals surface area contributed by atoms with E-state index in [1.165, 1.54) is 0 Å². The van der Waals surface area contributed by atoms with Gasteiger partial charge in [0.05, 0.1) is 6.10 Å². The number of hydrogen-bond donors (Lipinski definition) is 4. The number of carbonyl (C=O) groups excluding carboxylic acids is 1. The van der Waals surface area contributed by atoms with Crippen LogP contribution in [0.3, 0.4) is 0 Å². The zero-order chi connectivity index (χ0) is 12.3. The van der Waals surface area contributed by atoms with E-state index in [9.17, 15) is 19.4 Å². The van der Waals surface area contributed by atoms with Crippen molar-refractivity contribution in [1.29, 1.82) is 0 Å². The average Bonchev–Trinajstić information content (AvgIpc) is 2.26. The lowest BCUT2D eigenvalue weighted by Crippen LogP contribution is -2.29. The molecule has 2 unspecified atom stereocenters. The van der Waals surface area contributed by atoms with Gasteiger partial charge >= 0.3 is 0 Å². The summed E-state index contributed by atoms with van der Waals surface area (Å²) in [7, 11) is 0. The van der Waals surface area contributed by atoms with Gasteiger partial charge in [-0.25, -0.2) is 4.39 Å². The normalized spacial score (nSPS) is 14.5. The van der Waals surface area contributed by atoms with Crippen LogP contribution in [0.25, 0.3) is 0 Å². The second kappa shape index (κ2) is 5.02. The van der Waals surface area contributed by atoms with E-state index in [-0.39, 0.29) is 17.7 Å². The summed E-state index contributed by atoms with van der Waals surface area (Å²) in [4.78, 5) is 11.0. The third-order valence-corrected chi connectivity index (χ3v) is 2.20. The van der Waals surface area contributed by atoms with Crippen molar-refractivity contribution in [1.82, 2.24) is 0 Å². The minimum absolute atomic E-state index is 0.0404. The number of aliphatic hydroxyl groups excluding tert-OH is 2. The van der Waals surface area contributed by atoms with Crippen molar-refractivity contribution < 1.29 is 19.4 Å². The fourth-order valence-electron chi connectivity index (χ4n) is 1.34. The molecule has 0 bridgehead atoms. The molecule has 6 N–H and O–H groups in total. The predicted molar refractivity (Wildman–Crippen MR) is 54.9 cm³/mol. The van der Waals surface area contributed by atoms with E-state index in [1.807, 2.05) is 0 Å². The van der Waals surface area contributed by atoms with Crippen molar-refractivity contribution in [2.24, 2.45) is 11.5 Å². The first-order valence-electron chi connectivity index (χ1n) is 4.62. The van der Waals surface area contributed by atoms with Crippen LogP contribution in [0.2, 0.25) is 0 Å². The van der Waals surface area contributed by atoms with E-state index in [4.69, 9.17) is 11.5 Å². The molecule has 5 nitrogen and oxygen atoms in total. The van der Waals surface area contributed by atoms with Crippen molar-refractivity contribution in [3.8, 4) is 0 Å². The second-order valence-electron chi connectivity index (χ2n) is 3.34. The van der Waals surface area contributed by atoms with E-state index in [0.717, 1.165) is 18.2 Å². The average molecular weight is 228 g/mol. The lowest BCUT2D eigenvalue weighted by Gasteiger charge is -2.18. The highest BCUT2D eigenvalue weighted by atomic mass is 19.1. The van der Waals surface area contributed by atoms with Gasteiger partial charge in [-0.15, -0.1) is 0 Å². The minimum atomic E-state index is -1.44. The molecule has 88 valence electrons. The molecule has 6 heteroatoms. The molecule has 0 saturated carbocycles. The Labute approximate surface area is 91.5 Å². The molecular formula is C10H13FN2O3. The quantitative estimate of drug-likeness (QED) is 0.545. The van der Waals surface area contributed by atoms with Gasteiger partial charge in [0.15, 0.2) is 0 Å². The number of nitrogens with two attached hydrogens (primary N) is 2. The molecule has 0 radical (unpaired) electrons. The Bertz CT molecular complexity index is 398. The number of amides is 1. The van der Waals surface area contributed by atoms with Crippen molar-refractivity contribution in [3.05, 3.63) is 35.1 Å². The third kappa shape index (κ3) is 2.54. The first-order valence-corrected chi connectivity index (χ1v) is 4.62. The summed E-state index contributed by atoms with van der Waals surface area (Å²) < 4.78 is 13.0. The third-order valence-electron chi connectivity index (χ3n) is 2.20. The largest absolute Gasteiger partial charge is 0.389 e. The fraction of sp³-hybridized carbons (Fsp3) is 0.300. The smallest absolute Gasteiger partial charge is 0.249 e. The maximum absolute atomic E-state index is 13.0. The maximum Gasteiger partial charge on any atom is 0.249 e. The van der Waals surface area contributed by atoms with Crippen LogP contribution in [0.5, 0.6) is 0 Å². The van der Waals surface area contributed by atoms with Crippen LogP contribution in [0.1, 0.15) is 22.0 Å². The Morgan fingerprint density at radius 1 is 1.44 bits per heavy atom. The zero-order valence-corrected chi connectivity index (χ0v) is 8.43. The number of hydrogen-bond acceptors (Lipinski definition) is 4. The first-order chi connectivity index (χ1) is 7.47. The number of primary amides is 1. The molecule has 0 saturated heterocycles. The van der Waals surface area contributed by atoms with E-state index in [2.05, 4.69) is 0 Å². The summed E-state index contributed by atoms with van der Waals surface area (Å²) in [6, 6.07) is 3.15. The molecule has 0 aromatic heterocycles. The van der Waals surface area contributed by atoms with Gasteiger partial charge in [-0.1, -0.05) is 0 Å². The Morgan fingerprint density at radius 3 is 2.56 bits per heavy atom. The van der Waals surface area contributed by atoms with Crippen LogP contribution in [-0.2, 0) is 0 Å². The van der Waals surface area contributed by atoms with Gasteiger partial charge in [0.2, 0.25) is 5.91 Å². The first kappa shape index (κ1) is 12.6. The van der Waals surface area contributed by atoms with E-state index in [1.54, 1.807) is 0 Å². The Balaban J connectivity index is 3.19. The molecule has 0 spiro atoms. The van der Waals surface area contributed by atoms with Crippen molar-refractivity contribution in [2.45, 2.75) is 12.2 Å². The van der Waals surface area contributed by atoms with E-state index >= 15 is 0 Å². The van der Waals surface area contributed by atoms with E-state index in [0.29, 0.717) is 0 Å². The summed E-state index contributed by atoms with van der Waals surface area (Å²) >= 11 is 0. The molecule has 1 aromatic rings. The van der Waals surface area contributed by atoms with Crippen LogP contribution in [0, 0.1) is 5.82 Å². The highest BCUT2D eigenvalue weighted by Crippen LogP contribution is 2.21. The van der Waals surface area contributed by atoms with Gasteiger partial charge in [-0.2, -0.15) is 0 Å². The van der Waals surface area contributed by atoms with Gasteiger partial charge < -0.3 is 21.7 Å². The van der Waals surface area contributed by atoms with Gasteiger partial charge in [0.25, 0.3) is 0 Å². The summed E-state index contributed by atoms with van der Waals surface area (Å²) in [6.45, 7) is -0.212. The van der Waals surface area contributed by atoms with Crippen LogP contribution in [-0.4, -0.2) is 28.8 Å². The predicted octanol–water partition coefficient (Wildman–Crippen LogP) is -0.722. The van der Waals surface area contributed by atoms with Crippen LogP contribution < -0.4 is 11.5 Å². The van der Waals surface area contributed by atoms with Crippen LogP contribution >= 0.6 is 0 Å². The topological polar surface area (TPSA) is 110 Å². The number of halogens is 1. The van der Waals surface area contributed by atoms with Gasteiger partial charge in [0.1, 0.15) is 11.9 Å². The Kier molecular flexibility index (Phi) is 3.94. The molecular weight excluding hydrogens is 215 g/mol. The molecule has 0 fully saturated rings. The molecule has 2 atom stereocenters. The zero-order valence-electron chi connectivity index (χ0n) is 8.43.